The minimum atomic E-state index is -3.62. The molecule has 0 amide bonds. The van der Waals surface area contributed by atoms with E-state index in [-0.39, 0.29) is 4.90 Å². The Labute approximate surface area is 154 Å². The highest BCUT2D eigenvalue weighted by molar-refractivity contribution is 7.92. The van der Waals surface area contributed by atoms with Crippen molar-refractivity contribution in [3.8, 4) is 5.75 Å². The monoisotopic (exact) mass is 367 g/mol. The lowest BCUT2D eigenvalue weighted by Gasteiger charge is -2.12. The summed E-state index contributed by atoms with van der Waals surface area (Å²) in [6.45, 7) is 4.20. The normalized spacial score (nSPS) is 11.2. The van der Waals surface area contributed by atoms with Crippen LogP contribution < -0.4 is 9.46 Å². The van der Waals surface area contributed by atoms with Gasteiger partial charge < -0.3 is 4.74 Å². The van der Waals surface area contributed by atoms with Crippen LogP contribution in [0.15, 0.2) is 77.7 Å². The smallest absolute Gasteiger partial charge is 0.262 e. The van der Waals surface area contributed by atoms with Gasteiger partial charge in [-0.25, -0.2) is 8.42 Å². The molecule has 0 saturated carbocycles. The lowest BCUT2D eigenvalue weighted by Crippen LogP contribution is -2.14. The zero-order chi connectivity index (χ0) is 18.6. The standard InChI is InChI=1S/C21H21NO3S/c1-16-8-13-21(17(2)14-16)26(23,24)22-19-9-11-20(12-10-19)25-15-18-6-4-3-5-7-18/h3-14,22H,15H2,1-2H3. The van der Waals surface area contributed by atoms with Gasteiger partial charge in [0, 0.05) is 5.69 Å². The van der Waals surface area contributed by atoms with Crippen molar-refractivity contribution < 1.29 is 13.2 Å². The Morgan fingerprint density at radius 3 is 2.23 bits per heavy atom. The van der Waals surface area contributed by atoms with E-state index in [2.05, 4.69) is 4.72 Å². The Balaban J connectivity index is 1.68. The van der Waals surface area contributed by atoms with Crippen LogP contribution in [0, 0.1) is 13.8 Å². The van der Waals surface area contributed by atoms with E-state index in [1.54, 1.807) is 43.3 Å². The number of nitrogens with one attached hydrogen (secondary N) is 1. The molecule has 0 saturated heterocycles. The van der Waals surface area contributed by atoms with Crippen LogP contribution in [0.5, 0.6) is 5.75 Å². The first-order valence-corrected chi connectivity index (χ1v) is 9.79. The van der Waals surface area contributed by atoms with Crippen LogP contribution in [0.4, 0.5) is 5.69 Å². The third-order valence-corrected chi connectivity index (χ3v) is 5.52. The van der Waals surface area contributed by atoms with Gasteiger partial charge in [-0.2, -0.15) is 0 Å². The third kappa shape index (κ3) is 4.43. The van der Waals surface area contributed by atoms with Gasteiger partial charge in [-0.1, -0.05) is 48.0 Å². The maximum Gasteiger partial charge on any atom is 0.262 e. The average Bonchev–Trinajstić information content (AvgIpc) is 2.61. The molecule has 1 N–H and O–H groups in total. The molecule has 3 aromatic rings. The molecule has 0 fully saturated rings. The second kappa shape index (κ2) is 7.62. The second-order valence-corrected chi connectivity index (χ2v) is 7.82. The predicted octanol–water partition coefficient (Wildman–Crippen LogP) is 4.68. The van der Waals surface area contributed by atoms with Gasteiger partial charge in [0.25, 0.3) is 10.0 Å². The lowest BCUT2D eigenvalue weighted by atomic mass is 10.2. The van der Waals surface area contributed by atoms with E-state index in [4.69, 9.17) is 4.74 Å². The molecule has 0 radical (unpaired) electrons. The van der Waals surface area contributed by atoms with Crippen LogP contribution in [0.3, 0.4) is 0 Å². The Kier molecular flexibility index (Phi) is 5.28. The number of benzene rings is 3. The molecule has 0 aliphatic heterocycles. The highest BCUT2D eigenvalue weighted by Crippen LogP contribution is 2.22. The van der Waals surface area contributed by atoms with Crippen molar-refractivity contribution in [1.29, 1.82) is 0 Å². The molecule has 0 spiro atoms. The fraction of sp³-hybridized carbons (Fsp3) is 0.143. The molecule has 26 heavy (non-hydrogen) atoms. The zero-order valence-electron chi connectivity index (χ0n) is 14.8. The number of sulfonamides is 1. The summed E-state index contributed by atoms with van der Waals surface area (Å²) in [7, 11) is -3.62. The molecule has 0 atom stereocenters. The average molecular weight is 367 g/mol. The van der Waals surface area contributed by atoms with Gasteiger partial charge in [0.2, 0.25) is 0 Å². The molecule has 0 aliphatic carbocycles. The molecule has 0 aliphatic rings. The minimum Gasteiger partial charge on any atom is -0.489 e. The summed E-state index contributed by atoms with van der Waals surface area (Å²) in [5.41, 5.74) is 3.32. The van der Waals surface area contributed by atoms with E-state index < -0.39 is 10.0 Å². The van der Waals surface area contributed by atoms with Crippen molar-refractivity contribution in [1.82, 2.24) is 0 Å². The predicted molar refractivity (Wildman–Crippen MR) is 104 cm³/mol. The number of hydrogen-bond acceptors (Lipinski definition) is 3. The van der Waals surface area contributed by atoms with E-state index in [1.807, 2.05) is 43.3 Å². The molecule has 4 nitrogen and oxygen atoms in total. The lowest BCUT2D eigenvalue weighted by molar-refractivity contribution is 0.306. The Hall–Kier alpha value is -2.79. The first kappa shape index (κ1) is 18.0. The van der Waals surface area contributed by atoms with Crippen LogP contribution in [0.25, 0.3) is 0 Å². The number of rotatable bonds is 6. The summed E-state index contributed by atoms with van der Waals surface area (Å²) >= 11 is 0. The van der Waals surface area contributed by atoms with Crippen LogP contribution in [0.2, 0.25) is 0 Å². The Morgan fingerprint density at radius 1 is 0.885 bits per heavy atom. The van der Waals surface area contributed by atoms with E-state index in [1.165, 1.54) is 0 Å². The molecular weight excluding hydrogens is 346 g/mol. The number of anilines is 1. The van der Waals surface area contributed by atoms with Gasteiger partial charge in [-0.15, -0.1) is 0 Å². The molecular formula is C21H21NO3S. The van der Waals surface area contributed by atoms with Gasteiger partial charge in [-0.3, -0.25) is 4.72 Å². The molecule has 5 heteroatoms. The highest BCUT2D eigenvalue weighted by Gasteiger charge is 2.16. The van der Waals surface area contributed by atoms with Crippen molar-refractivity contribution in [3.63, 3.8) is 0 Å². The molecule has 3 rings (SSSR count). The highest BCUT2D eigenvalue weighted by atomic mass is 32.2. The number of aryl methyl sites for hydroxylation is 2. The quantitative estimate of drug-likeness (QED) is 0.688. The van der Waals surface area contributed by atoms with Crippen LogP contribution in [0.1, 0.15) is 16.7 Å². The summed E-state index contributed by atoms with van der Waals surface area (Å²) in [5, 5.41) is 0. The Bertz CT molecular complexity index is 982. The third-order valence-electron chi connectivity index (χ3n) is 3.97. The number of ether oxygens (including phenoxy) is 1. The van der Waals surface area contributed by atoms with Crippen molar-refractivity contribution in [2.75, 3.05) is 4.72 Å². The SMILES string of the molecule is Cc1ccc(S(=O)(=O)Nc2ccc(OCc3ccccc3)cc2)c(C)c1. The topological polar surface area (TPSA) is 55.4 Å². The van der Waals surface area contributed by atoms with Crippen molar-refractivity contribution in [3.05, 3.63) is 89.5 Å². The van der Waals surface area contributed by atoms with E-state index >= 15 is 0 Å². The van der Waals surface area contributed by atoms with Crippen molar-refractivity contribution in [2.45, 2.75) is 25.3 Å². The maximum atomic E-state index is 12.6. The fourth-order valence-electron chi connectivity index (χ4n) is 2.67. The van der Waals surface area contributed by atoms with Crippen molar-refractivity contribution >= 4 is 15.7 Å². The van der Waals surface area contributed by atoms with Crippen molar-refractivity contribution in [2.24, 2.45) is 0 Å². The van der Waals surface area contributed by atoms with Crippen LogP contribution >= 0.6 is 0 Å². The summed E-state index contributed by atoms with van der Waals surface area (Å²) in [4.78, 5) is 0.285. The summed E-state index contributed by atoms with van der Waals surface area (Å²) in [6.07, 6.45) is 0. The summed E-state index contributed by atoms with van der Waals surface area (Å²) in [5.74, 6) is 0.684. The van der Waals surface area contributed by atoms with E-state index in [0.29, 0.717) is 18.0 Å². The fourth-order valence-corrected chi connectivity index (χ4v) is 3.96. The van der Waals surface area contributed by atoms with Gasteiger partial charge >= 0.3 is 0 Å². The second-order valence-electron chi connectivity index (χ2n) is 6.17. The van der Waals surface area contributed by atoms with Gasteiger partial charge in [0.1, 0.15) is 12.4 Å². The Morgan fingerprint density at radius 2 is 1.58 bits per heavy atom. The summed E-state index contributed by atoms with van der Waals surface area (Å²) < 4.78 is 33.5. The first-order chi connectivity index (χ1) is 12.4. The molecule has 0 unspecified atom stereocenters. The van der Waals surface area contributed by atoms with E-state index in [0.717, 1.165) is 16.7 Å². The molecule has 3 aromatic carbocycles. The molecule has 0 heterocycles. The molecule has 0 bridgehead atoms. The maximum absolute atomic E-state index is 12.6. The minimum absolute atomic E-state index is 0.285. The largest absolute Gasteiger partial charge is 0.489 e. The van der Waals surface area contributed by atoms with E-state index in [9.17, 15) is 8.42 Å². The van der Waals surface area contributed by atoms with Crippen LogP contribution in [-0.2, 0) is 16.6 Å². The van der Waals surface area contributed by atoms with Gasteiger partial charge in [-0.05, 0) is 55.3 Å². The molecule has 134 valence electrons. The van der Waals surface area contributed by atoms with Gasteiger partial charge in [0.15, 0.2) is 0 Å². The van der Waals surface area contributed by atoms with Gasteiger partial charge in [0.05, 0.1) is 4.90 Å². The zero-order valence-corrected chi connectivity index (χ0v) is 15.6. The summed E-state index contributed by atoms with van der Waals surface area (Å²) in [6, 6.07) is 22.0. The molecule has 0 aromatic heterocycles. The van der Waals surface area contributed by atoms with Crippen LogP contribution in [-0.4, -0.2) is 8.42 Å². The number of hydrogen-bond donors (Lipinski definition) is 1. The first-order valence-electron chi connectivity index (χ1n) is 8.31.